The molecular formula is C11H15N5O. The van der Waals surface area contributed by atoms with Gasteiger partial charge in [-0.3, -0.25) is 9.48 Å². The summed E-state index contributed by atoms with van der Waals surface area (Å²) < 4.78 is 1.74. The maximum atomic E-state index is 11.1. The Morgan fingerprint density at radius 1 is 1.47 bits per heavy atom. The van der Waals surface area contributed by atoms with Gasteiger partial charge >= 0.3 is 0 Å². The SMILES string of the molecule is CC(C)c1nn(C)cc1Nc1cc(=O)[nH]cn1. The smallest absolute Gasteiger partial charge is 0.252 e. The summed E-state index contributed by atoms with van der Waals surface area (Å²) in [5.74, 6) is 0.823. The number of nitrogens with zero attached hydrogens (tertiary/aromatic N) is 3. The van der Waals surface area contributed by atoms with Crippen LogP contribution in [0.4, 0.5) is 11.5 Å². The third-order valence-electron chi connectivity index (χ3n) is 2.35. The van der Waals surface area contributed by atoms with E-state index in [9.17, 15) is 4.79 Å². The van der Waals surface area contributed by atoms with Crippen molar-refractivity contribution in [2.24, 2.45) is 7.05 Å². The van der Waals surface area contributed by atoms with Gasteiger partial charge in [-0.2, -0.15) is 5.10 Å². The summed E-state index contributed by atoms with van der Waals surface area (Å²) in [6, 6.07) is 1.41. The number of nitrogens with one attached hydrogen (secondary N) is 2. The third-order valence-corrected chi connectivity index (χ3v) is 2.35. The molecule has 90 valence electrons. The summed E-state index contributed by atoms with van der Waals surface area (Å²) in [4.78, 5) is 17.7. The molecule has 0 spiro atoms. The number of anilines is 2. The molecule has 2 N–H and O–H groups in total. The van der Waals surface area contributed by atoms with Gasteiger partial charge in [0.2, 0.25) is 0 Å². The van der Waals surface area contributed by atoms with Crippen LogP contribution in [0.1, 0.15) is 25.5 Å². The summed E-state index contributed by atoms with van der Waals surface area (Å²) >= 11 is 0. The summed E-state index contributed by atoms with van der Waals surface area (Å²) in [6.07, 6.45) is 3.24. The number of aromatic amines is 1. The van der Waals surface area contributed by atoms with E-state index < -0.39 is 0 Å². The number of rotatable bonds is 3. The lowest BCUT2D eigenvalue weighted by Crippen LogP contribution is -2.07. The maximum Gasteiger partial charge on any atom is 0.252 e. The van der Waals surface area contributed by atoms with Crippen LogP contribution >= 0.6 is 0 Å². The second-order valence-corrected chi connectivity index (χ2v) is 4.18. The first-order valence-corrected chi connectivity index (χ1v) is 5.41. The Hall–Kier alpha value is -2.11. The number of H-pyrrole nitrogens is 1. The van der Waals surface area contributed by atoms with E-state index in [2.05, 4.69) is 34.2 Å². The molecule has 0 aromatic carbocycles. The zero-order valence-corrected chi connectivity index (χ0v) is 10.1. The summed E-state index contributed by atoms with van der Waals surface area (Å²) in [6.45, 7) is 4.14. The molecule has 2 aromatic heterocycles. The van der Waals surface area contributed by atoms with Crippen molar-refractivity contribution in [1.82, 2.24) is 19.7 Å². The van der Waals surface area contributed by atoms with Crippen LogP contribution in [-0.2, 0) is 7.05 Å². The molecule has 0 amide bonds. The van der Waals surface area contributed by atoms with Crippen LogP contribution < -0.4 is 10.9 Å². The third kappa shape index (κ3) is 2.52. The minimum Gasteiger partial charge on any atom is -0.337 e. The molecule has 0 aliphatic carbocycles. The quantitative estimate of drug-likeness (QED) is 0.839. The van der Waals surface area contributed by atoms with E-state index in [0.717, 1.165) is 11.4 Å². The van der Waals surface area contributed by atoms with Crippen molar-refractivity contribution >= 4 is 11.5 Å². The molecule has 0 aliphatic heterocycles. The van der Waals surface area contributed by atoms with E-state index >= 15 is 0 Å². The average Bonchev–Trinajstić information content (AvgIpc) is 2.59. The van der Waals surface area contributed by atoms with Crippen LogP contribution in [0.2, 0.25) is 0 Å². The normalized spacial score (nSPS) is 10.8. The molecule has 0 radical (unpaired) electrons. The first kappa shape index (κ1) is 11.4. The van der Waals surface area contributed by atoms with Crippen molar-refractivity contribution in [2.75, 3.05) is 5.32 Å². The minimum atomic E-state index is -0.183. The molecule has 2 heterocycles. The Morgan fingerprint density at radius 3 is 2.88 bits per heavy atom. The number of aromatic nitrogens is 4. The van der Waals surface area contributed by atoms with Crippen molar-refractivity contribution in [3.63, 3.8) is 0 Å². The van der Waals surface area contributed by atoms with Gasteiger partial charge < -0.3 is 10.3 Å². The highest BCUT2D eigenvalue weighted by molar-refractivity contribution is 5.58. The zero-order chi connectivity index (χ0) is 12.4. The highest BCUT2D eigenvalue weighted by atomic mass is 16.1. The van der Waals surface area contributed by atoms with Gasteiger partial charge in [0.05, 0.1) is 17.7 Å². The molecule has 0 atom stereocenters. The second-order valence-electron chi connectivity index (χ2n) is 4.18. The number of aryl methyl sites for hydroxylation is 1. The van der Waals surface area contributed by atoms with Crippen molar-refractivity contribution in [3.05, 3.63) is 34.6 Å². The van der Waals surface area contributed by atoms with E-state index in [1.54, 1.807) is 4.68 Å². The Morgan fingerprint density at radius 2 is 2.24 bits per heavy atom. The predicted molar refractivity (Wildman–Crippen MR) is 65.4 cm³/mol. The van der Waals surface area contributed by atoms with Crippen molar-refractivity contribution < 1.29 is 0 Å². The summed E-state index contributed by atoms with van der Waals surface area (Å²) in [7, 11) is 1.86. The zero-order valence-electron chi connectivity index (χ0n) is 10.1. The lowest BCUT2D eigenvalue weighted by Gasteiger charge is -2.06. The highest BCUT2D eigenvalue weighted by Crippen LogP contribution is 2.24. The number of hydrogen-bond donors (Lipinski definition) is 2. The maximum absolute atomic E-state index is 11.1. The van der Waals surface area contributed by atoms with Gasteiger partial charge in [0.1, 0.15) is 5.82 Å². The Labute approximate surface area is 98.7 Å². The molecule has 17 heavy (non-hydrogen) atoms. The van der Waals surface area contributed by atoms with Crippen molar-refractivity contribution in [3.8, 4) is 0 Å². The number of hydrogen-bond acceptors (Lipinski definition) is 4. The molecule has 0 bridgehead atoms. The van der Waals surface area contributed by atoms with Crippen LogP contribution in [0.15, 0.2) is 23.4 Å². The molecule has 6 heteroatoms. The second kappa shape index (κ2) is 4.40. The van der Waals surface area contributed by atoms with E-state index in [0.29, 0.717) is 11.7 Å². The monoisotopic (exact) mass is 233 g/mol. The van der Waals surface area contributed by atoms with E-state index in [1.165, 1.54) is 12.4 Å². The van der Waals surface area contributed by atoms with Gasteiger partial charge in [-0.25, -0.2) is 4.98 Å². The van der Waals surface area contributed by atoms with Crippen molar-refractivity contribution in [2.45, 2.75) is 19.8 Å². The first-order chi connectivity index (χ1) is 8.06. The molecule has 0 aliphatic rings. The van der Waals surface area contributed by atoms with E-state index in [4.69, 9.17) is 0 Å². The predicted octanol–water partition coefficient (Wildman–Crippen LogP) is 1.37. The average molecular weight is 233 g/mol. The fraction of sp³-hybridized carbons (Fsp3) is 0.364. The fourth-order valence-corrected chi connectivity index (χ4v) is 1.60. The molecule has 6 nitrogen and oxygen atoms in total. The van der Waals surface area contributed by atoms with Gasteiger partial charge in [0.15, 0.2) is 0 Å². The first-order valence-electron chi connectivity index (χ1n) is 5.41. The van der Waals surface area contributed by atoms with Crippen LogP contribution in [0.5, 0.6) is 0 Å². The van der Waals surface area contributed by atoms with Gasteiger partial charge in [0, 0.05) is 19.3 Å². The Bertz CT molecular complexity index is 569. The van der Waals surface area contributed by atoms with Crippen LogP contribution in [-0.4, -0.2) is 19.7 Å². The van der Waals surface area contributed by atoms with E-state index in [-0.39, 0.29) is 5.56 Å². The van der Waals surface area contributed by atoms with Gasteiger partial charge in [-0.15, -0.1) is 0 Å². The summed E-state index contributed by atoms with van der Waals surface area (Å²) in [5.41, 5.74) is 1.65. The standard InChI is InChI=1S/C11H15N5O/c1-7(2)11-8(5-16(3)15-11)14-9-4-10(17)13-6-12-9/h4-7H,1-3H3,(H2,12,13,14,17). The molecular weight excluding hydrogens is 218 g/mol. The van der Waals surface area contributed by atoms with Crippen molar-refractivity contribution in [1.29, 1.82) is 0 Å². The minimum absolute atomic E-state index is 0.183. The Kier molecular flexibility index (Phi) is 2.95. The van der Waals surface area contributed by atoms with Gasteiger partial charge in [-0.1, -0.05) is 13.8 Å². The Balaban J connectivity index is 2.32. The highest BCUT2D eigenvalue weighted by Gasteiger charge is 2.11. The molecule has 0 saturated heterocycles. The van der Waals surface area contributed by atoms with Crippen LogP contribution in [0.3, 0.4) is 0 Å². The summed E-state index contributed by atoms with van der Waals surface area (Å²) in [5, 5.41) is 7.47. The molecule has 0 fully saturated rings. The molecule has 2 rings (SSSR count). The van der Waals surface area contributed by atoms with Crippen LogP contribution in [0, 0.1) is 0 Å². The largest absolute Gasteiger partial charge is 0.337 e. The fourth-order valence-electron chi connectivity index (χ4n) is 1.60. The molecule has 0 saturated carbocycles. The van der Waals surface area contributed by atoms with Gasteiger partial charge in [-0.05, 0) is 5.92 Å². The lowest BCUT2D eigenvalue weighted by atomic mass is 10.1. The van der Waals surface area contributed by atoms with E-state index in [1.807, 2.05) is 13.2 Å². The lowest BCUT2D eigenvalue weighted by molar-refractivity contribution is 0.713. The molecule has 2 aromatic rings. The van der Waals surface area contributed by atoms with Gasteiger partial charge in [0.25, 0.3) is 5.56 Å². The molecule has 0 unspecified atom stereocenters. The van der Waals surface area contributed by atoms with Crippen LogP contribution in [0.25, 0.3) is 0 Å². The topological polar surface area (TPSA) is 75.6 Å².